The standard InChI is InChI=1S/C18H19F4NOS/c1-12(14-4-6-17(7-5-14)25(3)24)23(2)11-13-8-15(18(20,21)22)10-16(19)9-13/h4-10,12H,11H2,1-3H3/t12-,25-/m0/s1. The topological polar surface area (TPSA) is 20.3 Å². The summed E-state index contributed by atoms with van der Waals surface area (Å²) in [5.41, 5.74) is 0.204. The molecule has 0 saturated heterocycles. The third-order valence-corrected chi connectivity index (χ3v) is 5.01. The summed E-state index contributed by atoms with van der Waals surface area (Å²) in [6, 6.07) is 9.68. The zero-order chi connectivity index (χ0) is 18.8. The van der Waals surface area contributed by atoms with Crippen molar-refractivity contribution in [2.24, 2.45) is 0 Å². The van der Waals surface area contributed by atoms with Gasteiger partial charge >= 0.3 is 6.18 Å². The van der Waals surface area contributed by atoms with Gasteiger partial charge in [-0.2, -0.15) is 13.2 Å². The van der Waals surface area contributed by atoms with Gasteiger partial charge in [0, 0.05) is 34.5 Å². The summed E-state index contributed by atoms with van der Waals surface area (Å²) in [4.78, 5) is 2.53. The average Bonchev–Trinajstić information content (AvgIpc) is 2.52. The molecule has 2 atom stereocenters. The maximum atomic E-state index is 13.5. The molecule has 136 valence electrons. The van der Waals surface area contributed by atoms with E-state index in [2.05, 4.69) is 0 Å². The number of alkyl halides is 3. The molecule has 0 bridgehead atoms. The van der Waals surface area contributed by atoms with Crippen LogP contribution < -0.4 is 0 Å². The van der Waals surface area contributed by atoms with Gasteiger partial charge in [0.05, 0.1) is 5.56 Å². The van der Waals surface area contributed by atoms with Crippen LogP contribution in [-0.2, 0) is 23.5 Å². The zero-order valence-electron chi connectivity index (χ0n) is 14.1. The molecule has 7 heteroatoms. The average molecular weight is 373 g/mol. The van der Waals surface area contributed by atoms with E-state index in [1.165, 1.54) is 0 Å². The van der Waals surface area contributed by atoms with Crippen molar-refractivity contribution in [1.82, 2.24) is 4.90 Å². The third-order valence-electron chi connectivity index (χ3n) is 4.07. The summed E-state index contributed by atoms with van der Waals surface area (Å²) < 4.78 is 63.3. The minimum absolute atomic E-state index is 0.100. The van der Waals surface area contributed by atoms with Crippen LogP contribution >= 0.6 is 0 Å². The second-order valence-electron chi connectivity index (χ2n) is 5.96. The molecule has 0 heterocycles. The first-order valence-electron chi connectivity index (χ1n) is 7.58. The smallest absolute Gasteiger partial charge is 0.295 e. The van der Waals surface area contributed by atoms with Crippen molar-refractivity contribution in [1.29, 1.82) is 0 Å². The molecule has 0 spiro atoms. The van der Waals surface area contributed by atoms with E-state index in [1.807, 2.05) is 24.0 Å². The molecule has 0 aromatic heterocycles. The minimum Gasteiger partial charge on any atom is -0.295 e. The SMILES string of the molecule is C[C@@H](c1ccc([S@](C)=O)cc1)N(C)Cc1cc(F)cc(C(F)(F)F)c1. The molecule has 25 heavy (non-hydrogen) atoms. The Bertz CT molecular complexity index is 759. The Morgan fingerprint density at radius 3 is 2.24 bits per heavy atom. The van der Waals surface area contributed by atoms with Gasteiger partial charge in [0.15, 0.2) is 0 Å². The Morgan fingerprint density at radius 1 is 1.12 bits per heavy atom. The van der Waals surface area contributed by atoms with Gasteiger partial charge in [0.2, 0.25) is 0 Å². The predicted octanol–water partition coefficient (Wildman–Crippen LogP) is 4.77. The van der Waals surface area contributed by atoms with Crippen molar-refractivity contribution in [3.8, 4) is 0 Å². The molecule has 0 aliphatic rings. The van der Waals surface area contributed by atoms with Crippen molar-refractivity contribution in [3.63, 3.8) is 0 Å². The van der Waals surface area contributed by atoms with Crippen molar-refractivity contribution in [2.75, 3.05) is 13.3 Å². The number of benzene rings is 2. The molecule has 0 fully saturated rings. The van der Waals surface area contributed by atoms with E-state index in [0.29, 0.717) is 11.0 Å². The molecule has 0 aliphatic heterocycles. The Morgan fingerprint density at radius 2 is 1.72 bits per heavy atom. The highest BCUT2D eigenvalue weighted by Gasteiger charge is 2.31. The second kappa shape index (κ2) is 7.66. The van der Waals surface area contributed by atoms with Crippen molar-refractivity contribution < 1.29 is 21.8 Å². The minimum atomic E-state index is -4.58. The fourth-order valence-corrected chi connectivity index (χ4v) is 3.04. The molecule has 0 amide bonds. The van der Waals surface area contributed by atoms with Crippen molar-refractivity contribution in [2.45, 2.75) is 30.6 Å². The normalized spacial score (nSPS) is 14.6. The highest BCUT2D eigenvalue weighted by atomic mass is 32.2. The van der Waals surface area contributed by atoms with Gasteiger partial charge in [-0.05, 0) is 55.4 Å². The predicted molar refractivity (Wildman–Crippen MR) is 90.1 cm³/mol. The van der Waals surface area contributed by atoms with Gasteiger partial charge in [0.1, 0.15) is 5.82 Å². The van der Waals surface area contributed by atoms with Crippen LogP contribution in [-0.4, -0.2) is 22.4 Å². The first-order valence-corrected chi connectivity index (χ1v) is 9.14. The van der Waals surface area contributed by atoms with Crippen LogP contribution in [0, 0.1) is 5.82 Å². The van der Waals surface area contributed by atoms with Crippen LogP contribution in [0.4, 0.5) is 17.6 Å². The van der Waals surface area contributed by atoms with E-state index in [9.17, 15) is 21.8 Å². The van der Waals surface area contributed by atoms with Crippen LogP contribution in [0.5, 0.6) is 0 Å². The third kappa shape index (κ3) is 5.12. The highest BCUT2D eigenvalue weighted by Crippen LogP contribution is 2.31. The molecule has 0 radical (unpaired) electrons. The lowest BCUT2D eigenvalue weighted by molar-refractivity contribution is -0.137. The molecule has 2 rings (SSSR count). The summed E-state index contributed by atoms with van der Waals surface area (Å²) in [5, 5.41) is 0. The summed E-state index contributed by atoms with van der Waals surface area (Å²) in [6.07, 6.45) is -2.99. The molecular weight excluding hydrogens is 354 g/mol. The molecule has 0 unspecified atom stereocenters. The van der Waals surface area contributed by atoms with Gasteiger partial charge < -0.3 is 0 Å². The number of hydrogen-bond donors (Lipinski definition) is 0. The number of halogens is 4. The highest BCUT2D eigenvalue weighted by molar-refractivity contribution is 7.84. The molecule has 0 saturated carbocycles. The first kappa shape index (κ1) is 19.6. The monoisotopic (exact) mass is 373 g/mol. The number of rotatable bonds is 5. The Hall–Kier alpha value is -1.73. The van der Waals surface area contributed by atoms with E-state index in [-0.39, 0.29) is 18.2 Å². The lowest BCUT2D eigenvalue weighted by Crippen LogP contribution is -2.22. The summed E-state index contributed by atoms with van der Waals surface area (Å²) >= 11 is 0. The van der Waals surface area contributed by atoms with Crippen molar-refractivity contribution >= 4 is 10.8 Å². The van der Waals surface area contributed by atoms with Gasteiger partial charge in [-0.25, -0.2) is 4.39 Å². The quantitative estimate of drug-likeness (QED) is 0.704. The van der Waals surface area contributed by atoms with Crippen LogP contribution in [0.25, 0.3) is 0 Å². The van der Waals surface area contributed by atoms with Crippen LogP contribution in [0.1, 0.15) is 29.7 Å². The van der Waals surface area contributed by atoms with E-state index >= 15 is 0 Å². The number of nitrogens with zero attached hydrogens (tertiary/aromatic N) is 1. The Kier molecular flexibility index (Phi) is 6.00. The Balaban J connectivity index is 2.17. The van der Waals surface area contributed by atoms with E-state index in [1.54, 1.807) is 25.4 Å². The van der Waals surface area contributed by atoms with Gasteiger partial charge in [0.25, 0.3) is 0 Å². The Labute approximate surface area is 146 Å². The molecule has 2 aromatic carbocycles. The lowest BCUT2D eigenvalue weighted by Gasteiger charge is -2.25. The van der Waals surface area contributed by atoms with E-state index in [4.69, 9.17) is 0 Å². The van der Waals surface area contributed by atoms with Gasteiger partial charge in [-0.3, -0.25) is 9.11 Å². The fourth-order valence-electron chi connectivity index (χ4n) is 2.52. The molecule has 2 nitrogen and oxygen atoms in total. The molecule has 0 N–H and O–H groups in total. The lowest BCUT2D eigenvalue weighted by atomic mass is 10.1. The van der Waals surface area contributed by atoms with E-state index in [0.717, 1.165) is 17.7 Å². The summed E-state index contributed by atoms with van der Waals surface area (Å²) in [5.74, 6) is -0.902. The number of hydrogen-bond acceptors (Lipinski definition) is 2. The fraction of sp³-hybridized carbons (Fsp3) is 0.333. The molecule has 2 aromatic rings. The summed E-state index contributed by atoms with van der Waals surface area (Å²) in [7, 11) is 0.690. The van der Waals surface area contributed by atoms with E-state index < -0.39 is 28.4 Å². The second-order valence-corrected chi connectivity index (χ2v) is 7.34. The van der Waals surface area contributed by atoms with Crippen LogP contribution in [0.3, 0.4) is 0 Å². The summed E-state index contributed by atoms with van der Waals surface area (Å²) in [6.45, 7) is 2.07. The molecular formula is C18H19F4NOS. The van der Waals surface area contributed by atoms with Gasteiger partial charge in [-0.1, -0.05) is 12.1 Å². The molecule has 0 aliphatic carbocycles. The van der Waals surface area contributed by atoms with Crippen LogP contribution in [0.15, 0.2) is 47.4 Å². The van der Waals surface area contributed by atoms with Gasteiger partial charge in [-0.15, -0.1) is 0 Å². The first-order chi connectivity index (χ1) is 11.6. The largest absolute Gasteiger partial charge is 0.416 e. The van der Waals surface area contributed by atoms with Crippen LogP contribution in [0.2, 0.25) is 0 Å². The maximum absolute atomic E-state index is 13.5. The zero-order valence-corrected chi connectivity index (χ0v) is 14.9. The van der Waals surface area contributed by atoms with Crippen molar-refractivity contribution in [3.05, 3.63) is 65.0 Å². The maximum Gasteiger partial charge on any atom is 0.416 e.